The van der Waals surface area contributed by atoms with Crippen LogP contribution in [0.3, 0.4) is 0 Å². The summed E-state index contributed by atoms with van der Waals surface area (Å²) in [7, 11) is 0. The summed E-state index contributed by atoms with van der Waals surface area (Å²) in [6, 6.07) is 5.53. The molecule has 0 saturated carbocycles. The summed E-state index contributed by atoms with van der Waals surface area (Å²) in [6.07, 6.45) is 8.75. The first-order valence-corrected chi connectivity index (χ1v) is 18.0. The average Bonchev–Trinajstić information content (AvgIpc) is 3.78. The Morgan fingerprint density at radius 3 is 2.68 bits per heavy atom. The van der Waals surface area contributed by atoms with Crippen molar-refractivity contribution in [1.82, 2.24) is 10.2 Å². The minimum atomic E-state index is -0.345. The number of rotatable bonds is 10. The van der Waals surface area contributed by atoms with E-state index in [1.165, 1.54) is 43.5 Å². The number of halogens is 1. The number of hydrogen-bond donors (Lipinski definition) is 3. The van der Waals surface area contributed by atoms with Gasteiger partial charge in [-0.1, -0.05) is 26.0 Å². The van der Waals surface area contributed by atoms with Crippen LogP contribution in [-0.4, -0.2) is 48.3 Å². The lowest BCUT2D eigenvalue weighted by atomic mass is 9.82. The Kier molecular flexibility index (Phi) is 10.1. The first kappa shape index (κ1) is 33.7. The Labute approximate surface area is 287 Å². The number of unbranched alkanes of at least 4 members (excludes halogenated alkanes) is 1. The molecule has 2 saturated heterocycles. The molecule has 0 atom stereocenters. The average molecular weight is 674 g/mol. The van der Waals surface area contributed by atoms with Crippen LogP contribution in [0.15, 0.2) is 51.2 Å². The second-order valence-electron chi connectivity index (χ2n) is 13.0. The number of nitriles is 1. The molecule has 0 spiro atoms. The molecule has 2 aromatic carbocycles. The number of amidine groups is 1. The number of nitrogens with two attached hydrogens (primary N) is 1. The van der Waals surface area contributed by atoms with E-state index in [9.17, 15) is 5.26 Å². The van der Waals surface area contributed by atoms with Gasteiger partial charge in [0.2, 0.25) is 0 Å². The topological polar surface area (TPSA) is 95.9 Å². The summed E-state index contributed by atoms with van der Waals surface area (Å²) >= 11 is 5.80. The van der Waals surface area contributed by atoms with Gasteiger partial charge in [0.25, 0.3) is 0 Å². The van der Waals surface area contributed by atoms with E-state index in [1.807, 2.05) is 0 Å². The summed E-state index contributed by atoms with van der Waals surface area (Å²) in [5.74, 6) is 1.43. The SMILES string of the molecule is C=C(S)CN=C(N/C(=C/CCC)OCC12CCCN1CCC2)c1c(C)c(C)c(-c2ccc(F)c3c2C(C#N)=C(N)CS3)c2c1COC2. The molecule has 3 N–H and O–H groups in total. The van der Waals surface area contributed by atoms with Crippen LogP contribution in [0, 0.1) is 31.0 Å². The Hall–Kier alpha value is -3.23. The number of benzene rings is 2. The number of ether oxygens (including phenoxy) is 2. The first-order valence-electron chi connectivity index (χ1n) is 16.5. The molecule has 47 heavy (non-hydrogen) atoms. The predicted octanol–water partition coefficient (Wildman–Crippen LogP) is 7.51. The highest BCUT2D eigenvalue weighted by molar-refractivity contribution is 7.99. The van der Waals surface area contributed by atoms with Crippen molar-refractivity contribution >= 4 is 35.8 Å². The second-order valence-corrected chi connectivity index (χ2v) is 14.6. The third kappa shape index (κ3) is 6.35. The molecule has 6 rings (SSSR count). The first-order chi connectivity index (χ1) is 22.7. The summed E-state index contributed by atoms with van der Waals surface area (Å²) in [6.45, 7) is 14.4. The molecular formula is C37H44FN5O2S2. The van der Waals surface area contributed by atoms with Crippen molar-refractivity contribution in [3.63, 3.8) is 0 Å². The fourth-order valence-electron chi connectivity index (χ4n) is 7.62. The lowest BCUT2D eigenvalue weighted by molar-refractivity contribution is 0.0682. The molecule has 0 unspecified atom stereocenters. The smallest absolute Gasteiger partial charge is 0.188 e. The highest BCUT2D eigenvalue weighted by Gasteiger charge is 2.45. The lowest BCUT2D eigenvalue weighted by Gasteiger charge is -2.32. The van der Waals surface area contributed by atoms with Gasteiger partial charge in [-0.3, -0.25) is 9.89 Å². The molecule has 0 aliphatic carbocycles. The molecule has 2 fully saturated rings. The predicted molar refractivity (Wildman–Crippen MR) is 192 cm³/mol. The zero-order chi connectivity index (χ0) is 33.3. The molecule has 0 amide bonds. The number of thioether (sulfide) groups is 1. The molecule has 248 valence electrons. The Morgan fingerprint density at radius 1 is 1.23 bits per heavy atom. The van der Waals surface area contributed by atoms with E-state index in [0.29, 0.717) is 70.5 Å². The van der Waals surface area contributed by atoms with Gasteiger partial charge in [-0.25, -0.2) is 4.39 Å². The lowest BCUT2D eigenvalue weighted by Crippen LogP contribution is -2.43. The largest absolute Gasteiger partial charge is 0.477 e. The molecule has 0 radical (unpaired) electrons. The van der Waals surface area contributed by atoms with Gasteiger partial charge >= 0.3 is 0 Å². The number of nitrogens with zero attached hydrogens (tertiary/aromatic N) is 3. The minimum absolute atomic E-state index is 0.111. The van der Waals surface area contributed by atoms with Crippen molar-refractivity contribution in [2.75, 3.05) is 32.0 Å². The van der Waals surface area contributed by atoms with E-state index in [2.05, 4.69) is 62.3 Å². The number of aliphatic imine (C=N–C) groups is 1. The monoisotopic (exact) mass is 673 g/mol. The van der Waals surface area contributed by atoms with E-state index in [0.717, 1.165) is 64.9 Å². The van der Waals surface area contributed by atoms with Crippen LogP contribution >= 0.6 is 24.4 Å². The van der Waals surface area contributed by atoms with Gasteiger partial charge in [0, 0.05) is 22.6 Å². The highest BCUT2D eigenvalue weighted by Crippen LogP contribution is 2.47. The number of thiol groups is 1. The van der Waals surface area contributed by atoms with E-state index < -0.39 is 0 Å². The van der Waals surface area contributed by atoms with Gasteiger partial charge in [-0.2, -0.15) is 5.26 Å². The van der Waals surface area contributed by atoms with Crippen molar-refractivity contribution in [3.05, 3.63) is 80.5 Å². The van der Waals surface area contributed by atoms with Gasteiger partial charge in [0.1, 0.15) is 24.3 Å². The Bertz CT molecular complexity index is 1730. The summed E-state index contributed by atoms with van der Waals surface area (Å²) in [4.78, 5) is 8.73. The fraction of sp³-hybridized carbons (Fsp3) is 0.459. The van der Waals surface area contributed by atoms with Gasteiger partial charge in [0.05, 0.1) is 35.8 Å². The van der Waals surface area contributed by atoms with Gasteiger partial charge in [-0.05, 0) is 109 Å². The van der Waals surface area contributed by atoms with Crippen LogP contribution < -0.4 is 11.1 Å². The van der Waals surface area contributed by atoms with Crippen LogP contribution in [-0.2, 0) is 22.7 Å². The molecule has 4 aliphatic heterocycles. The van der Waals surface area contributed by atoms with E-state index in [1.54, 1.807) is 6.07 Å². The zero-order valence-electron chi connectivity index (χ0n) is 27.6. The minimum Gasteiger partial charge on any atom is -0.477 e. The molecule has 4 aliphatic rings. The molecular weight excluding hydrogens is 630 g/mol. The quantitative estimate of drug-likeness (QED) is 0.104. The summed E-state index contributed by atoms with van der Waals surface area (Å²) in [5, 5.41) is 13.7. The van der Waals surface area contributed by atoms with Crippen molar-refractivity contribution in [2.45, 2.75) is 82.9 Å². The number of allylic oxidation sites excluding steroid dienone is 2. The van der Waals surface area contributed by atoms with Crippen molar-refractivity contribution in [1.29, 1.82) is 5.26 Å². The van der Waals surface area contributed by atoms with E-state index in [4.69, 9.17) is 20.2 Å². The molecule has 2 aromatic rings. The standard InChI is InChI=1S/C37H44FN5O2S2/c1-5-6-9-31(45-21-37-12-7-14-43(37)15-8-13-37)42-36(41-17-22(2)46)33-24(4)23(3)32(27-18-44-19-28(27)33)25-10-11-29(38)35-34(25)26(16-39)30(40)20-47-35/h9-11,46H,2,5-8,12-15,17-21,40H2,1,3-4H3,(H,41,42)/b31-9-. The van der Waals surface area contributed by atoms with Gasteiger partial charge in [-0.15, -0.1) is 24.4 Å². The van der Waals surface area contributed by atoms with E-state index >= 15 is 4.39 Å². The summed E-state index contributed by atoms with van der Waals surface area (Å²) in [5.41, 5.74) is 14.5. The molecule has 7 nitrogen and oxygen atoms in total. The zero-order valence-corrected chi connectivity index (χ0v) is 29.3. The van der Waals surface area contributed by atoms with Crippen LogP contribution in [0.4, 0.5) is 4.39 Å². The van der Waals surface area contributed by atoms with E-state index in [-0.39, 0.29) is 11.4 Å². The maximum atomic E-state index is 15.1. The molecule has 4 heterocycles. The Balaban J connectivity index is 1.45. The molecule has 0 aromatic heterocycles. The third-order valence-electron chi connectivity index (χ3n) is 10.0. The molecule has 10 heteroatoms. The Morgan fingerprint density at radius 2 is 1.98 bits per heavy atom. The van der Waals surface area contributed by atoms with Crippen LogP contribution in [0.5, 0.6) is 0 Å². The second kappa shape index (κ2) is 14.1. The number of hydrogen-bond acceptors (Lipinski definition) is 8. The fourth-order valence-corrected chi connectivity index (χ4v) is 8.69. The van der Waals surface area contributed by atoms with Crippen molar-refractivity contribution in [2.24, 2.45) is 10.7 Å². The van der Waals surface area contributed by atoms with Crippen LogP contribution in [0.25, 0.3) is 16.7 Å². The maximum absolute atomic E-state index is 15.1. The summed E-state index contributed by atoms with van der Waals surface area (Å²) < 4.78 is 27.9. The number of nitrogens with one attached hydrogen (secondary N) is 1. The van der Waals surface area contributed by atoms with Crippen molar-refractivity contribution in [3.8, 4) is 17.2 Å². The van der Waals surface area contributed by atoms with Gasteiger partial charge < -0.3 is 20.5 Å². The number of fused-ring (bicyclic) bond motifs is 3. The highest BCUT2D eigenvalue weighted by atomic mass is 32.2. The molecule has 0 bridgehead atoms. The van der Waals surface area contributed by atoms with Crippen molar-refractivity contribution < 1.29 is 13.9 Å². The third-order valence-corrected chi connectivity index (χ3v) is 11.3. The van der Waals surface area contributed by atoms with Gasteiger partial charge in [0.15, 0.2) is 5.88 Å². The maximum Gasteiger partial charge on any atom is 0.188 e. The van der Waals surface area contributed by atoms with Crippen LogP contribution in [0.1, 0.15) is 78.8 Å². The van der Waals surface area contributed by atoms with Crippen LogP contribution in [0.2, 0.25) is 0 Å². The normalized spacial score (nSPS) is 19.0.